The number of benzene rings is 1. The van der Waals surface area contributed by atoms with Crippen molar-refractivity contribution in [2.45, 2.75) is 13.0 Å². The van der Waals surface area contributed by atoms with E-state index in [-0.39, 0.29) is 11.8 Å². The molecule has 1 rings (SSSR count). The second kappa shape index (κ2) is 3.07. The van der Waals surface area contributed by atoms with Gasteiger partial charge in [-0.1, -0.05) is 12.1 Å². The zero-order valence-corrected chi connectivity index (χ0v) is 6.28. The third kappa shape index (κ3) is 1.50. The van der Waals surface area contributed by atoms with Crippen LogP contribution in [-0.2, 0) is 0 Å². The summed E-state index contributed by atoms with van der Waals surface area (Å²) in [5.74, 6) is 0.205. The fourth-order valence-electron chi connectivity index (χ4n) is 0.910. The molecule has 0 fully saturated rings. The van der Waals surface area contributed by atoms with Gasteiger partial charge in [-0.2, -0.15) is 0 Å². The summed E-state index contributed by atoms with van der Waals surface area (Å²) in [5.41, 5.74) is 0.697. The topological polar surface area (TPSA) is 24.6 Å². The highest BCUT2D eigenvalue weighted by atomic mass is 16.3. The lowest BCUT2D eigenvalue weighted by atomic mass is 10.1. The molecular formula is C9H9NO. The van der Waals surface area contributed by atoms with Crippen LogP contribution in [-0.4, -0.2) is 5.11 Å². The molecule has 0 aromatic heterocycles. The third-order valence-corrected chi connectivity index (χ3v) is 1.58. The van der Waals surface area contributed by atoms with E-state index < -0.39 is 0 Å². The average Bonchev–Trinajstić information content (AvgIpc) is 2.04. The number of hydrogen-bond acceptors (Lipinski definition) is 1. The molecule has 0 aliphatic carbocycles. The van der Waals surface area contributed by atoms with Crippen LogP contribution in [0.4, 0.5) is 0 Å². The van der Waals surface area contributed by atoms with Crippen LogP contribution in [0, 0.1) is 6.57 Å². The molecule has 0 saturated heterocycles. The molecule has 2 nitrogen and oxygen atoms in total. The van der Waals surface area contributed by atoms with Crippen molar-refractivity contribution in [3.05, 3.63) is 41.2 Å². The van der Waals surface area contributed by atoms with Gasteiger partial charge < -0.3 is 9.95 Å². The van der Waals surface area contributed by atoms with E-state index in [1.165, 1.54) is 0 Å². The molecule has 0 aliphatic rings. The molecule has 2 heteroatoms. The van der Waals surface area contributed by atoms with E-state index in [0.717, 1.165) is 0 Å². The van der Waals surface area contributed by atoms with E-state index in [4.69, 9.17) is 6.57 Å². The molecule has 0 spiro atoms. The number of hydrogen-bond donors (Lipinski definition) is 1. The maximum absolute atomic E-state index is 9.27. The van der Waals surface area contributed by atoms with Crippen molar-refractivity contribution < 1.29 is 5.11 Å². The lowest BCUT2D eigenvalue weighted by Crippen LogP contribution is -1.86. The molecule has 0 aliphatic heterocycles. The number of aromatic hydroxyl groups is 1. The summed E-state index contributed by atoms with van der Waals surface area (Å²) in [5, 5.41) is 9.27. The summed E-state index contributed by atoms with van der Waals surface area (Å²) >= 11 is 0. The zero-order valence-electron chi connectivity index (χ0n) is 6.28. The zero-order chi connectivity index (χ0) is 8.27. The smallest absolute Gasteiger partial charge is 0.249 e. The van der Waals surface area contributed by atoms with E-state index in [9.17, 15) is 5.11 Å². The minimum atomic E-state index is -0.254. The largest absolute Gasteiger partial charge is 0.507 e. The second-order valence-corrected chi connectivity index (χ2v) is 2.36. The molecule has 0 radical (unpaired) electrons. The second-order valence-electron chi connectivity index (χ2n) is 2.36. The quantitative estimate of drug-likeness (QED) is 0.606. The van der Waals surface area contributed by atoms with Crippen molar-refractivity contribution in [1.82, 2.24) is 0 Å². The summed E-state index contributed by atoms with van der Waals surface area (Å²) in [7, 11) is 0. The normalized spacial score (nSPS) is 12.0. The highest BCUT2D eigenvalue weighted by Gasteiger charge is 2.11. The predicted octanol–water partition coefficient (Wildman–Crippen LogP) is 2.37. The molecular weight excluding hydrogens is 138 g/mol. The fraction of sp³-hybridized carbons (Fsp3) is 0.222. The van der Waals surface area contributed by atoms with Crippen LogP contribution in [0.3, 0.4) is 0 Å². The number of phenolic OH excluding ortho intramolecular Hbond substituents is 1. The monoisotopic (exact) mass is 147 g/mol. The van der Waals surface area contributed by atoms with Gasteiger partial charge in [0.1, 0.15) is 5.75 Å². The lowest BCUT2D eigenvalue weighted by Gasteiger charge is -2.00. The Labute approximate surface area is 65.9 Å². The molecule has 1 atom stereocenters. The van der Waals surface area contributed by atoms with E-state index in [1.54, 1.807) is 25.1 Å². The van der Waals surface area contributed by atoms with Gasteiger partial charge in [0.2, 0.25) is 6.04 Å². The van der Waals surface area contributed by atoms with Gasteiger partial charge in [0, 0.05) is 6.92 Å². The van der Waals surface area contributed by atoms with Crippen molar-refractivity contribution in [2.24, 2.45) is 0 Å². The maximum Gasteiger partial charge on any atom is 0.249 e. The summed E-state index contributed by atoms with van der Waals surface area (Å²) in [6.07, 6.45) is 0. The van der Waals surface area contributed by atoms with Gasteiger partial charge >= 0.3 is 0 Å². The molecule has 0 heterocycles. The van der Waals surface area contributed by atoms with Crippen LogP contribution >= 0.6 is 0 Å². The first-order chi connectivity index (χ1) is 5.25. The number of nitrogens with zero attached hydrogens (tertiary/aromatic N) is 1. The van der Waals surface area contributed by atoms with E-state index in [2.05, 4.69) is 4.85 Å². The Morgan fingerprint density at radius 1 is 1.45 bits per heavy atom. The van der Waals surface area contributed by atoms with Crippen molar-refractivity contribution >= 4 is 0 Å². The number of phenols is 1. The van der Waals surface area contributed by atoms with Crippen LogP contribution in [0.25, 0.3) is 4.85 Å². The summed E-state index contributed by atoms with van der Waals surface area (Å²) in [4.78, 5) is 3.31. The first-order valence-electron chi connectivity index (χ1n) is 3.40. The van der Waals surface area contributed by atoms with E-state index in [1.807, 2.05) is 6.07 Å². The van der Waals surface area contributed by atoms with Crippen molar-refractivity contribution in [3.63, 3.8) is 0 Å². The number of rotatable bonds is 1. The van der Waals surface area contributed by atoms with E-state index >= 15 is 0 Å². The van der Waals surface area contributed by atoms with Gasteiger partial charge in [-0.3, -0.25) is 0 Å². The van der Waals surface area contributed by atoms with Crippen LogP contribution in [0.1, 0.15) is 18.5 Å². The van der Waals surface area contributed by atoms with Gasteiger partial charge in [0.15, 0.2) is 0 Å². The Kier molecular flexibility index (Phi) is 2.12. The molecule has 1 aromatic carbocycles. The average molecular weight is 147 g/mol. The Hall–Kier alpha value is -1.49. The Morgan fingerprint density at radius 3 is 2.64 bits per heavy atom. The Bertz CT molecular complexity index is 288. The molecule has 11 heavy (non-hydrogen) atoms. The highest BCUT2D eigenvalue weighted by molar-refractivity contribution is 5.35. The van der Waals surface area contributed by atoms with Gasteiger partial charge in [-0.05, 0) is 12.1 Å². The molecule has 1 aromatic rings. The first kappa shape index (κ1) is 7.62. The number of para-hydroxylation sites is 1. The minimum Gasteiger partial charge on any atom is -0.507 e. The third-order valence-electron chi connectivity index (χ3n) is 1.58. The van der Waals surface area contributed by atoms with Crippen LogP contribution in [0.5, 0.6) is 5.75 Å². The molecule has 56 valence electrons. The summed E-state index contributed by atoms with van der Waals surface area (Å²) < 4.78 is 0. The molecule has 0 bridgehead atoms. The molecule has 1 unspecified atom stereocenters. The SMILES string of the molecule is [C-]#[N+]C(C)c1ccccc1O. The Balaban J connectivity index is 3.05. The summed E-state index contributed by atoms with van der Waals surface area (Å²) in [6.45, 7) is 8.52. The van der Waals surface area contributed by atoms with Crippen molar-refractivity contribution in [3.8, 4) is 5.75 Å². The van der Waals surface area contributed by atoms with Gasteiger partial charge in [-0.15, -0.1) is 0 Å². The lowest BCUT2D eigenvalue weighted by molar-refractivity contribution is 0.466. The van der Waals surface area contributed by atoms with E-state index in [0.29, 0.717) is 5.56 Å². The standard InChI is InChI=1S/C9H9NO/c1-7(10-2)8-5-3-4-6-9(8)11/h3-7,11H,1H3. The molecule has 0 saturated carbocycles. The van der Waals surface area contributed by atoms with Crippen molar-refractivity contribution in [1.29, 1.82) is 0 Å². The van der Waals surface area contributed by atoms with Gasteiger partial charge in [0.05, 0.1) is 5.56 Å². The predicted molar refractivity (Wildman–Crippen MR) is 43.1 cm³/mol. The highest BCUT2D eigenvalue weighted by Crippen LogP contribution is 2.25. The maximum atomic E-state index is 9.27. The fourth-order valence-corrected chi connectivity index (χ4v) is 0.910. The molecule has 0 amide bonds. The van der Waals surface area contributed by atoms with Gasteiger partial charge in [0.25, 0.3) is 0 Å². The minimum absolute atomic E-state index is 0.205. The van der Waals surface area contributed by atoms with Crippen LogP contribution in [0.15, 0.2) is 24.3 Å². The first-order valence-corrected chi connectivity index (χ1v) is 3.40. The van der Waals surface area contributed by atoms with Crippen molar-refractivity contribution in [2.75, 3.05) is 0 Å². The summed E-state index contributed by atoms with van der Waals surface area (Å²) in [6, 6.07) is 6.66. The van der Waals surface area contributed by atoms with Crippen LogP contribution < -0.4 is 0 Å². The molecule has 1 N–H and O–H groups in total. The van der Waals surface area contributed by atoms with Crippen LogP contribution in [0.2, 0.25) is 0 Å². The Morgan fingerprint density at radius 2 is 2.09 bits per heavy atom. The van der Waals surface area contributed by atoms with Gasteiger partial charge in [-0.25, -0.2) is 6.57 Å².